The van der Waals surface area contributed by atoms with E-state index >= 15 is 0 Å². The average molecular weight is 367 g/mol. The maximum atomic E-state index is 12.0. The molecule has 1 aromatic carbocycles. The molecule has 1 atom stereocenters. The number of nitrogens with zero attached hydrogens (tertiary/aromatic N) is 1. The molecule has 1 N–H and O–H groups in total. The molecule has 1 aromatic heterocycles. The van der Waals surface area contributed by atoms with Crippen molar-refractivity contribution in [3.63, 3.8) is 0 Å². The molecule has 110 valence electrons. The number of hydrogen-bond acceptors (Lipinski definition) is 3. The van der Waals surface area contributed by atoms with Gasteiger partial charge in [0.15, 0.2) is 6.20 Å². The van der Waals surface area contributed by atoms with Gasteiger partial charge >= 0.3 is 0 Å². The zero-order valence-electron chi connectivity index (χ0n) is 11.5. The number of hydrogen-bond donors (Lipinski definition) is 1. The molecule has 0 fully saturated rings. The third-order valence-electron chi connectivity index (χ3n) is 2.89. The summed E-state index contributed by atoms with van der Waals surface area (Å²) in [6, 6.07) is 12.8. The normalized spacial score (nSPS) is 11.9. The van der Waals surface area contributed by atoms with Gasteiger partial charge in [-0.3, -0.25) is 4.79 Å². The van der Waals surface area contributed by atoms with Crippen LogP contribution in [-0.4, -0.2) is 11.7 Å². The van der Waals surface area contributed by atoms with E-state index in [4.69, 9.17) is 0 Å². The predicted octanol–water partition coefficient (Wildman–Crippen LogP) is 3.05. The van der Waals surface area contributed by atoms with Crippen LogP contribution in [0.1, 0.15) is 18.5 Å². The van der Waals surface area contributed by atoms with E-state index in [1.54, 1.807) is 18.2 Å². The fourth-order valence-electron chi connectivity index (χ4n) is 1.85. The van der Waals surface area contributed by atoms with E-state index in [-0.39, 0.29) is 17.7 Å². The largest absolute Gasteiger partial charge is 0.618 e. The van der Waals surface area contributed by atoms with Gasteiger partial charge in [-0.25, -0.2) is 0 Å². The van der Waals surface area contributed by atoms with E-state index in [1.165, 1.54) is 18.0 Å². The Morgan fingerprint density at radius 1 is 1.33 bits per heavy atom. The van der Waals surface area contributed by atoms with Crippen molar-refractivity contribution in [3.8, 4) is 0 Å². The van der Waals surface area contributed by atoms with Gasteiger partial charge in [0.2, 0.25) is 5.91 Å². The van der Waals surface area contributed by atoms with Gasteiger partial charge in [-0.15, -0.1) is 0 Å². The fraction of sp³-hybridized carbons (Fsp3) is 0.200. The number of thioether (sulfide) groups is 1. The third-order valence-corrected chi connectivity index (χ3v) is 4.63. The van der Waals surface area contributed by atoms with Crippen LogP contribution in [0.15, 0.2) is 58.2 Å². The Hall–Kier alpha value is -1.53. The molecule has 0 spiro atoms. The minimum atomic E-state index is -0.105. The predicted molar refractivity (Wildman–Crippen MR) is 86.8 cm³/mol. The number of nitrogens with one attached hydrogen (secondary N) is 1. The molecule has 2 aromatic rings. The van der Waals surface area contributed by atoms with Crippen LogP contribution in [0, 0.1) is 5.21 Å². The Kier molecular flexibility index (Phi) is 5.64. The number of benzene rings is 1. The van der Waals surface area contributed by atoms with Crippen LogP contribution in [-0.2, 0) is 4.79 Å². The smallest absolute Gasteiger partial charge is 0.251 e. The Labute approximate surface area is 136 Å². The summed E-state index contributed by atoms with van der Waals surface area (Å²) in [4.78, 5) is 12.0. The Bertz CT molecular complexity index is 637. The van der Waals surface area contributed by atoms with E-state index in [0.717, 1.165) is 14.8 Å². The highest BCUT2D eigenvalue weighted by Gasteiger charge is 2.14. The summed E-state index contributed by atoms with van der Waals surface area (Å²) in [6.45, 7) is 1.93. The van der Waals surface area contributed by atoms with Crippen LogP contribution in [0.2, 0.25) is 0 Å². The SMILES string of the molecule is C[C@H](NC(=O)CSc1cccc[n+]1[O-])c1ccccc1Br. The summed E-state index contributed by atoms with van der Waals surface area (Å²) < 4.78 is 1.72. The van der Waals surface area contributed by atoms with Crippen LogP contribution in [0.5, 0.6) is 0 Å². The molecule has 0 radical (unpaired) electrons. The molecule has 0 aliphatic carbocycles. The molecule has 6 heteroatoms. The lowest BCUT2D eigenvalue weighted by atomic mass is 10.1. The number of halogens is 1. The maximum absolute atomic E-state index is 12.0. The molecular weight excluding hydrogens is 352 g/mol. The van der Waals surface area contributed by atoms with Crippen molar-refractivity contribution in [1.82, 2.24) is 5.32 Å². The molecule has 0 saturated heterocycles. The molecule has 1 heterocycles. The van der Waals surface area contributed by atoms with Gasteiger partial charge in [0.1, 0.15) is 0 Å². The van der Waals surface area contributed by atoms with Crippen molar-refractivity contribution in [1.29, 1.82) is 0 Å². The number of aromatic nitrogens is 1. The first-order valence-electron chi connectivity index (χ1n) is 6.42. The minimum Gasteiger partial charge on any atom is -0.618 e. The quantitative estimate of drug-likeness (QED) is 0.502. The van der Waals surface area contributed by atoms with Gasteiger partial charge in [0.25, 0.3) is 5.03 Å². The third kappa shape index (κ3) is 4.47. The summed E-state index contributed by atoms with van der Waals surface area (Å²) in [5.41, 5.74) is 1.02. The monoisotopic (exact) mass is 366 g/mol. The summed E-state index contributed by atoms with van der Waals surface area (Å²) in [5, 5.41) is 14.9. The number of carbonyl (C=O) groups is 1. The second kappa shape index (κ2) is 7.47. The van der Waals surface area contributed by atoms with Crippen LogP contribution < -0.4 is 10.0 Å². The summed E-state index contributed by atoms with van der Waals surface area (Å²) >= 11 is 4.69. The molecular formula is C15H15BrN2O2S. The minimum absolute atomic E-state index is 0.0937. The lowest BCUT2D eigenvalue weighted by Crippen LogP contribution is -2.31. The highest BCUT2D eigenvalue weighted by Crippen LogP contribution is 2.23. The average Bonchev–Trinajstić information content (AvgIpc) is 2.46. The van der Waals surface area contributed by atoms with Gasteiger partial charge in [-0.05, 0) is 36.4 Å². The molecule has 2 rings (SSSR count). The summed E-state index contributed by atoms with van der Waals surface area (Å²) in [7, 11) is 0. The molecule has 21 heavy (non-hydrogen) atoms. The second-order valence-electron chi connectivity index (χ2n) is 4.46. The highest BCUT2D eigenvalue weighted by molar-refractivity contribution is 9.10. The summed E-state index contributed by atoms with van der Waals surface area (Å²) in [5.74, 6) is 0.105. The van der Waals surface area contributed by atoms with Crippen molar-refractivity contribution >= 4 is 33.6 Å². The fourth-order valence-corrected chi connectivity index (χ4v) is 3.20. The van der Waals surface area contributed by atoms with Crippen molar-refractivity contribution < 1.29 is 9.52 Å². The second-order valence-corrected chi connectivity index (χ2v) is 6.31. The first kappa shape index (κ1) is 15.9. The van der Waals surface area contributed by atoms with Crippen LogP contribution >= 0.6 is 27.7 Å². The zero-order valence-corrected chi connectivity index (χ0v) is 13.9. The van der Waals surface area contributed by atoms with E-state index in [2.05, 4.69) is 21.2 Å². The van der Waals surface area contributed by atoms with Gasteiger partial charge in [0, 0.05) is 16.6 Å². The zero-order chi connectivity index (χ0) is 15.2. The molecule has 4 nitrogen and oxygen atoms in total. The van der Waals surface area contributed by atoms with E-state index < -0.39 is 0 Å². The lowest BCUT2D eigenvalue weighted by molar-refractivity contribution is -0.645. The Morgan fingerprint density at radius 2 is 2.05 bits per heavy atom. The van der Waals surface area contributed by atoms with Gasteiger partial charge < -0.3 is 10.5 Å². The number of rotatable bonds is 5. The lowest BCUT2D eigenvalue weighted by Gasteiger charge is -2.15. The van der Waals surface area contributed by atoms with Gasteiger partial charge in [-0.2, -0.15) is 4.73 Å². The topological polar surface area (TPSA) is 56.0 Å². The van der Waals surface area contributed by atoms with Crippen molar-refractivity contribution in [2.75, 3.05) is 5.75 Å². The molecule has 0 aliphatic rings. The molecule has 1 amide bonds. The molecule has 0 saturated carbocycles. The number of carbonyl (C=O) groups excluding carboxylic acids is 1. The van der Waals surface area contributed by atoms with Crippen LogP contribution in [0.4, 0.5) is 0 Å². The van der Waals surface area contributed by atoms with Crippen molar-refractivity contribution in [2.45, 2.75) is 18.0 Å². The molecule has 0 unspecified atom stereocenters. The van der Waals surface area contributed by atoms with Crippen molar-refractivity contribution in [2.24, 2.45) is 0 Å². The van der Waals surface area contributed by atoms with Crippen molar-refractivity contribution in [3.05, 3.63) is 63.9 Å². The van der Waals surface area contributed by atoms with Gasteiger partial charge in [-0.1, -0.05) is 34.1 Å². The van der Waals surface area contributed by atoms with Crippen LogP contribution in [0.3, 0.4) is 0 Å². The van der Waals surface area contributed by atoms with E-state index in [9.17, 15) is 10.0 Å². The number of pyridine rings is 1. The number of amides is 1. The Balaban J connectivity index is 1.90. The standard InChI is InChI=1S/C15H15BrN2O2S/c1-11(12-6-2-3-7-13(12)16)17-14(19)10-21-15-8-4-5-9-18(15)20/h2-9,11H,10H2,1H3,(H,17,19)/t11-/m0/s1. The first-order valence-corrected chi connectivity index (χ1v) is 8.20. The van der Waals surface area contributed by atoms with E-state index in [0.29, 0.717) is 5.03 Å². The molecule has 0 bridgehead atoms. The van der Waals surface area contributed by atoms with Crippen LogP contribution in [0.25, 0.3) is 0 Å². The highest BCUT2D eigenvalue weighted by atomic mass is 79.9. The maximum Gasteiger partial charge on any atom is 0.251 e. The summed E-state index contributed by atoms with van der Waals surface area (Å²) in [6.07, 6.45) is 1.42. The van der Waals surface area contributed by atoms with E-state index in [1.807, 2.05) is 31.2 Å². The van der Waals surface area contributed by atoms with Gasteiger partial charge in [0.05, 0.1) is 11.8 Å². The first-order chi connectivity index (χ1) is 10.1. The Morgan fingerprint density at radius 3 is 2.76 bits per heavy atom. The molecule has 0 aliphatic heterocycles.